The van der Waals surface area contributed by atoms with Crippen LogP contribution in [0.25, 0.3) is 10.9 Å². The van der Waals surface area contributed by atoms with Gasteiger partial charge in [0.1, 0.15) is 12.6 Å². The first-order valence-electron chi connectivity index (χ1n) is 22.2. The predicted octanol–water partition coefficient (Wildman–Crippen LogP) is -0.960. The van der Waals surface area contributed by atoms with E-state index < -0.39 is 80.1 Å². The first-order chi connectivity index (χ1) is 31.6. The Labute approximate surface area is 385 Å². The number of carbonyl (C=O) groups excluding carboxylic acids is 8. The molecule has 0 saturated heterocycles. The number of H-pyrrole nitrogens is 1. The predicted molar refractivity (Wildman–Crippen MR) is 250 cm³/mol. The number of carbonyl (C=O) groups is 8. The van der Waals surface area contributed by atoms with Crippen molar-refractivity contribution in [3.63, 3.8) is 0 Å². The van der Waals surface area contributed by atoms with Crippen LogP contribution in [0, 0.1) is 0 Å². The zero-order valence-corrected chi connectivity index (χ0v) is 38.1. The van der Waals surface area contributed by atoms with E-state index in [2.05, 4.69) is 25.9 Å². The number of guanidine groups is 1. The lowest BCUT2D eigenvalue weighted by Gasteiger charge is -2.31. The van der Waals surface area contributed by atoms with E-state index in [0.717, 1.165) is 22.9 Å². The minimum absolute atomic E-state index is 0.0191. The van der Waals surface area contributed by atoms with Gasteiger partial charge in [0.25, 0.3) is 0 Å². The molecule has 0 radical (unpaired) electrons. The molecule has 21 nitrogen and oxygen atoms in total. The van der Waals surface area contributed by atoms with Crippen LogP contribution in [-0.2, 0) is 51.3 Å². The number of aromatic amines is 1. The number of fused-ring (bicyclic) bond motifs is 1. The Morgan fingerprint density at radius 2 is 1.32 bits per heavy atom. The number of amides is 8. The molecule has 3 aromatic rings. The van der Waals surface area contributed by atoms with Crippen LogP contribution in [-0.4, -0.2) is 156 Å². The fourth-order valence-corrected chi connectivity index (χ4v) is 6.93. The Morgan fingerprint density at radius 1 is 0.697 bits per heavy atom. The Bertz CT molecular complexity index is 2110. The molecule has 0 aliphatic rings. The van der Waals surface area contributed by atoms with Crippen molar-refractivity contribution in [2.24, 2.45) is 27.9 Å². The van der Waals surface area contributed by atoms with E-state index in [9.17, 15) is 38.4 Å². The molecule has 1 aromatic heterocycles. The van der Waals surface area contributed by atoms with Gasteiger partial charge in [-0.15, -0.1) is 0 Å². The van der Waals surface area contributed by atoms with Crippen LogP contribution in [0.4, 0.5) is 0 Å². The molecule has 360 valence electrons. The van der Waals surface area contributed by atoms with Crippen molar-refractivity contribution in [1.29, 1.82) is 0 Å². The van der Waals surface area contributed by atoms with Gasteiger partial charge >= 0.3 is 0 Å². The highest BCUT2D eigenvalue weighted by molar-refractivity contribution is 5.94. The number of nitrogens with zero attached hydrogens (tertiary/aromatic N) is 5. The molecule has 3 rings (SSSR count). The van der Waals surface area contributed by atoms with Crippen LogP contribution >= 0.6 is 0 Å². The number of para-hydroxylation sites is 1. The number of nitrogens with one attached hydrogen (secondary N) is 4. The zero-order valence-electron chi connectivity index (χ0n) is 38.1. The zero-order chi connectivity index (χ0) is 48.4. The lowest BCUT2D eigenvalue weighted by atomic mass is 10.1. The summed E-state index contributed by atoms with van der Waals surface area (Å²) in [5, 5.41) is 8.58. The fourth-order valence-electron chi connectivity index (χ4n) is 6.93. The third-order valence-electron chi connectivity index (χ3n) is 10.5. The van der Waals surface area contributed by atoms with Gasteiger partial charge in [0.05, 0.1) is 32.7 Å². The van der Waals surface area contributed by atoms with Gasteiger partial charge in [-0.1, -0.05) is 61.9 Å². The van der Waals surface area contributed by atoms with E-state index in [0.29, 0.717) is 44.3 Å². The van der Waals surface area contributed by atoms with Crippen LogP contribution in [0.5, 0.6) is 0 Å². The highest BCUT2D eigenvalue weighted by Gasteiger charge is 2.30. The minimum atomic E-state index is -1.13. The number of rotatable bonds is 30. The van der Waals surface area contributed by atoms with E-state index in [1.165, 1.54) is 26.5 Å². The van der Waals surface area contributed by atoms with E-state index >= 15 is 0 Å². The maximum Gasteiger partial charge on any atom is 0.245 e. The largest absolute Gasteiger partial charge is 0.370 e. The number of hydrogen-bond donors (Lipinski definition) is 8. The SMILES string of the molecule is CCCCN(CC(=O)NCC(=O)N[C@@H](CCCCN)C(=O)N(CC(=O)N(CCCN=C(N)N)CC(=O)N(CCc1c[nH]c2ccccc12)CC(=O)NCC(N)=O)Cc1ccccc1)C(C)=O. The number of hydrogen-bond acceptors (Lipinski definition) is 10. The minimum Gasteiger partial charge on any atom is -0.370 e. The molecule has 0 spiro atoms. The van der Waals surface area contributed by atoms with Crippen LogP contribution in [0.2, 0.25) is 0 Å². The molecule has 0 saturated carbocycles. The van der Waals surface area contributed by atoms with Crippen molar-refractivity contribution in [3.05, 3.63) is 71.9 Å². The van der Waals surface area contributed by atoms with Crippen molar-refractivity contribution in [1.82, 2.24) is 40.5 Å². The molecule has 0 aliphatic carbocycles. The van der Waals surface area contributed by atoms with Crippen molar-refractivity contribution in [2.75, 3.05) is 72.0 Å². The molecule has 2 aromatic carbocycles. The smallest absolute Gasteiger partial charge is 0.245 e. The summed E-state index contributed by atoms with van der Waals surface area (Å²) in [6, 6.07) is 15.4. The number of nitrogens with two attached hydrogens (primary N) is 4. The van der Waals surface area contributed by atoms with E-state index in [4.69, 9.17) is 22.9 Å². The van der Waals surface area contributed by atoms with E-state index in [1.807, 2.05) is 37.4 Å². The number of benzene rings is 2. The van der Waals surface area contributed by atoms with Gasteiger partial charge in [-0.2, -0.15) is 0 Å². The average Bonchev–Trinajstić information content (AvgIpc) is 3.70. The van der Waals surface area contributed by atoms with Crippen LogP contribution in [0.1, 0.15) is 63.5 Å². The first-order valence-corrected chi connectivity index (χ1v) is 22.2. The molecule has 0 bridgehead atoms. The molecule has 21 heteroatoms. The molecule has 8 amide bonds. The molecular weight excluding hydrogens is 851 g/mol. The van der Waals surface area contributed by atoms with Crippen LogP contribution in [0.3, 0.4) is 0 Å². The van der Waals surface area contributed by atoms with Gasteiger partial charge in [0.2, 0.25) is 47.3 Å². The second kappa shape index (κ2) is 28.7. The lowest BCUT2D eigenvalue weighted by Crippen LogP contribution is -2.54. The second-order valence-electron chi connectivity index (χ2n) is 15.8. The highest BCUT2D eigenvalue weighted by Crippen LogP contribution is 2.19. The summed E-state index contributed by atoms with van der Waals surface area (Å²) in [5.74, 6) is -4.86. The molecule has 1 heterocycles. The number of aromatic nitrogens is 1. The van der Waals surface area contributed by atoms with Gasteiger partial charge < -0.3 is 63.5 Å². The summed E-state index contributed by atoms with van der Waals surface area (Å²) in [6.45, 7) is 1.56. The van der Waals surface area contributed by atoms with E-state index in [-0.39, 0.29) is 57.4 Å². The summed E-state index contributed by atoms with van der Waals surface area (Å²) in [7, 11) is 0. The number of aliphatic imine (C=N–C) groups is 1. The van der Waals surface area contributed by atoms with Gasteiger partial charge in [0, 0.05) is 56.7 Å². The van der Waals surface area contributed by atoms with E-state index in [1.54, 1.807) is 30.3 Å². The maximum absolute atomic E-state index is 14.6. The van der Waals surface area contributed by atoms with Crippen LogP contribution in [0.15, 0.2) is 65.8 Å². The van der Waals surface area contributed by atoms with Gasteiger partial charge in [-0.3, -0.25) is 43.3 Å². The molecular formula is C45H67N13O8. The quantitative estimate of drug-likeness (QED) is 0.0229. The maximum atomic E-state index is 14.6. The molecule has 0 fully saturated rings. The van der Waals surface area contributed by atoms with Gasteiger partial charge in [-0.05, 0) is 62.3 Å². The molecule has 12 N–H and O–H groups in total. The third kappa shape index (κ3) is 19.4. The second-order valence-corrected chi connectivity index (χ2v) is 15.8. The fraction of sp³-hybridized carbons (Fsp3) is 0.489. The van der Waals surface area contributed by atoms with Crippen molar-refractivity contribution in [2.45, 2.75) is 71.4 Å². The molecule has 66 heavy (non-hydrogen) atoms. The topological polar surface area (TPSA) is 318 Å². The standard InChI is InChI=1S/C45H67N13O8/c1-3-4-21-55(32(2)59)28-40(62)53-26-39(61)54-37(17-10-11-19-46)44(66)58(27-33-13-6-5-7-14-33)31-43(65)56(22-12-20-50-45(48)49)30-42(64)57(29-41(63)52-25-38(47)60)23-18-34-24-51-36-16-9-8-15-35(34)36/h5-9,13-16,24,37,51H,3-4,10-12,17-23,25-31,46H2,1-2H3,(H2,47,60)(H,52,63)(H,53,62)(H,54,61)(H4,48,49,50)/t37-/m0/s1. The lowest BCUT2D eigenvalue weighted by molar-refractivity contribution is -0.146. The first kappa shape index (κ1) is 53.3. The highest BCUT2D eigenvalue weighted by atomic mass is 16.2. The molecule has 0 aliphatic heterocycles. The van der Waals surface area contributed by atoms with Gasteiger partial charge in [-0.25, -0.2) is 0 Å². The third-order valence-corrected chi connectivity index (χ3v) is 10.5. The van der Waals surface area contributed by atoms with Crippen molar-refractivity contribution in [3.8, 4) is 0 Å². The summed E-state index contributed by atoms with van der Waals surface area (Å²) < 4.78 is 0. The summed E-state index contributed by atoms with van der Waals surface area (Å²) >= 11 is 0. The Balaban J connectivity index is 1.90. The Morgan fingerprint density at radius 3 is 1.97 bits per heavy atom. The van der Waals surface area contributed by atoms with Crippen LogP contribution < -0.4 is 38.9 Å². The summed E-state index contributed by atoms with van der Waals surface area (Å²) in [6.07, 6.45) is 5.06. The molecule has 0 unspecified atom stereocenters. The number of unbranched alkanes of at least 4 members (excludes halogenated alkanes) is 2. The normalized spacial score (nSPS) is 11.2. The monoisotopic (exact) mass is 918 g/mol. The van der Waals surface area contributed by atoms with Crippen molar-refractivity contribution < 1.29 is 38.4 Å². The summed E-state index contributed by atoms with van der Waals surface area (Å²) in [5.41, 5.74) is 24.6. The Kier molecular flexibility index (Phi) is 23.2. The summed E-state index contributed by atoms with van der Waals surface area (Å²) in [4.78, 5) is 118. The van der Waals surface area contributed by atoms with Crippen molar-refractivity contribution >= 4 is 64.1 Å². The number of primary amides is 1. The average molecular weight is 918 g/mol. The Hall–Kier alpha value is -7.03. The van der Waals surface area contributed by atoms with Gasteiger partial charge in [0.15, 0.2) is 5.96 Å². The molecule has 1 atom stereocenters.